The Balaban J connectivity index is 1.48. The molecular formula is C28H25ClN4O3S2. The average Bonchev–Trinajstić information content (AvgIpc) is 3.51. The van der Waals surface area contributed by atoms with Crippen molar-refractivity contribution in [2.75, 3.05) is 23.9 Å². The number of benzene rings is 2. The number of rotatable bonds is 8. The van der Waals surface area contributed by atoms with Crippen LogP contribution in [0.2, 0.25) is 5.02 Å². The van der Waals surface area contributed by atoms with Gasteiger partial charge in [-0.15, -0.1) is 0 Å². The molecule has 0 spiro atoms. The van der Waals surface area contributed by atoms with Gasteiger partial charge in [0.2, 0.25) is 5.91 Å². The number of pyridine rings is 1. The highest BCUT2D eigenvalue weighted by atomic mass is 35.5. The number of nitrogens with zero attached hydrogens (tertiary/aromatic N) is 2. The van der Waals surface area contributed by atoms with E-state index in [1.54, 1.807) is 30.1 Å². The molecule has 1 aliphatic heterocycles. The number of hydrogen-bond donors (Lipinski definition) is 2. The number of aromatic nitrogens is 1. The average molecular weight is 565 g/mol. The van der Waals surface area contributed by atoms with Gasteiger partial charge in [-0.1, -0.05) is 47.1 Å². The second kappa shape index (κ2) is 11.6. The van der Waals surface area contributed by atoms with E-state index in [4.69, 9.17) is 33.0 Å². The number of amides is 1. The molecule has 5 rings (SSSR count). The van der Waals surface area contributed by atoms with Crippen LogP contribution in [-0.4, -0.2) is 29.7 Å². The minimum absolute atomic E-state index is 0.0620. The minimum Gasteiger partial charge on any atom is -0.452 e. The molecule has 38 heavy (non-hydrogen) atoms. The lowest BCUT2D eigenvalue weighted by Crippen LogP contribution is -2.29. The van der Waals surface area contributed by atoms with E-state index in [0.717, 1.165) is 27.1 Å². The number of nitrogens with one attached hydrogen (secondary N) is 2. The van der Waals surface area contributed by atoms with E-state index in [1.165, 1.54) is 12.7 Å². The lowest BCUT2D eigenvalue weighted by Gasteiger charge is -2.26. The molecule has 194 valence electrons. The van der Waals surface area contributed by atoms with Gasteiger partial charge in [0, 0.05) is 23.9 Å². The molecule has 0 saturated carbocycles. The zero-order chi connectivity index (χ0) is 26.6. The van der Waals surface area contributed by atoms with Crippen molar-refractivity contribution in [2.24, 2.45) is 0 Å². The zero-order valence-corrected chi connectivity index (χ0v) is 23.1. The number of hydrogen-bond acceptors (Lipinski definition) is 6. The maximum atomic E-state index is 12.0. The van der Waals surface area contributed by atoms with Gasteiger partial charge in [0.15, 0.2) is 10.2 Å². The van der Waals surface area contributed by atoms with E-state index in [9.17, 15) is 4.79 Å². The molecule has 2 aromatic carbocycles. The number of thiocarbonyl (C=S) groups is 1. The van der Waals surface area contributed by atoms with Gasteiger partial charge in [-0.2, -0.15) is 0 Å². The Labute approximate surface area is 235 Å². The predicted octanol–water partition coefficient (Wildman–Crippen LogP) is 6.55. The van der Waals surface area contributed by atoms with Gasteiger partial charge >= 0.3 is 0 Å². The van der Waals surface area contributed by atoms with Crippen LogP contribution >= 0.6 is 35.6 Å². The van der Waals surface area contributed by atoms with Crippen molar-refractivity contribution < 1.29 is 13.9 Å². The molecule has 7 nitrogen and oxygen atoms in total. The second-order valence-electron chi connectivity index (χ2n) is 8.71. The summed E-state index contributed by atoms with van der Waals surface area (Å²) in [6.45, 7) is 2.00. The first kappa shape index (κ1) is 26.2. The third-order valence-corrected chi connectivity index (χ3v) is 7.57. The Bertz CT molecular complexity index is 1450. The van der Waals surface area contributed by atoms with Crippen molar-refractivity contribution in [3.8, 4) is 0 Å². The summed E-state index contributed by atoms with van der Waals surface area (Å²) < 4.78 is 11.3. The van der Waals surface area contributed by atoms with Crippen LogP contribution in [0.3, 0.4) is 0 Å². The molecule has 0 aliphatic carbocycles. The molecule has 1 amide bonds. The van der Waals surface area contributed by atoms with Crippen LogP contribution in [0.15, 0.2) is 93.4 Å². The Morgan fingerprint density at radius 3 is 2.71 bits per heavy atom. The first-order valence-corrected chi connectivity index (χ1v) is 13.5. The number of halogens is 1. The normalized spacial score (nSPS) is 16.9. The number of aryl methyl sites for hydroxylation is 1. The summed E-state index contributed by atoms with van der Waals surface area (Å²) >= 11 is 13.9. The Morgan fingerprint density at radius 1 is 1.18 bits per heavy atom. The molecule has 1 fully saturated rings. The molecule has 1 saturated heterocycles. The highest BCUT2D eigenvalue weighted by molar-refractivity contribution is 7.99. The number of furan rings is 1. The number of carbonyl (C=O) groups is 1. The smallest absolute Gasteiger partial charge is 0.250 e. The molecule has 0 radical (unpaired) electrons. The Kier molecular flexibility index (Phi) is 7.99. The number of anilines is 2. The monoisotopic (exact) mass is 564 g/mol. The fraction of sp³-hybridized carbons (Fsp3) is 0.179. The first-order chi connectivity index (χ1) is 18.4. The van der Waals surface area contributed by atoms with E-state index >= 15 is 0 Å². The topological polar surface area (TPSA) is 79.6 Å². The summed E-state index contributed by atoms with van der Waals surface area (Å²) in [5.74, 6) is 0.444. The molecule has 2 atom stereocenters. The van der Waals surface area contributed by atoms with Gasteiger partial charge in [0.05, 0.1) is 22.4 Å². The second-order valence-corrected chi connectivity index (χ2v) is 10.6. The summed E-state index contributed by atoms with van der Waals surface area (Å²) in [5, 5.41) is 7.84. The first-order valence-electron chi connectivity index (χ1n) is 11.9. The van der Waals surface area contributed by atoms with Crippen LogP contribution < -0.4 is 15.5 Å². The maximum absolute atomic E-state index is 12.0. The maximum Gasteiger partial charge on any atom is 0.250 e. The van der Waals surface area contributed by atoms with E-state index in [-0.39, 0.29) is 24.6 Å². The van der Waals surface area contributed by atoms with Crippen LogP contribution in [0.1, 0.15) is 29.1 Å². The van der Waals surface area contributed by atoms with Crippen molar-refractivity contribution in [3.05, 3.63) is 101 Å². The standard InChI is InChI=1S/C28H25ClN4O3S2/c1-17-6-9-19(10-7-17)38-25-13-12-23(36-25)27-26(22-5-3-4-14-30-22)32-28(37)33(27)18-8-11-21(20(29)15-18)31-24(34)16-35-2/h3-15,26-27H,16H2,1-2H3,(H,31,34)(H,32,37)/t26-,27+/m0/s1. The summed E-state index contributed by atoms with van der Waals surface area (Å²) in [5.41, 5.74) is 3.28. The SMILES string of the molecule is COCC(=O)Nc1ccc(N2C(=S)N[C@@H](c3ccccn3)[C@H]2c2ccc(Sc3ccc(C)cc3)o2)cc1Cl. The van der Waals surface area contributed by atoms with Crippen molar-refractivity contribution in [1.82, 2.24) is 10.3 Å². The number of ether oxygens (including phenoxy) is 1. The molecule has 4 aromatic rings. The highest BCUT2D eigenvalue weighted by Gasteiger charge is 2.42. The fourth-order valence-electron chi connectivity index (χ4n) is 4.27. The lowest BCUT2D eigenvalue weighted by atomic mass is 10.0. The molecule has 0 unspecified atom stereocenters. The Hall–Kier alpha value is -3.37. The van der Waals surface area contributed by atoms with Gasteiger partial charge in [-0.3, -0.25) is 9.78 Å². The van der Waals surface area contributed by atoms with Gasteiger partial charge in [0.1, 0.15) is 18.4 Å². The fourth-order valence-corrected chi connectivity index (χ4v) is 5.61. The largest absolute Gasteiger partial charge is 0.452 e. The molecule has 3 heterocycles. The van der Waals surface area contributed by atoms with Crippen LogP contribution in [0.4, 0.5) is 11.4 Å². The third-order valence-electron chi connectivity index (χ3n) is 6.01. The highest BCUT2D eigenvalue weighted by Crippen LogP contribution is 2.44. The van der Waals surface area contributed by atoms with Crippen molar-refractivity contribution in [2.45, 2.75) is 29.0 Å². The summed E-state index contributed by atoms with van der Waals surface area (Å²) in [4.78, 5) is 19.6. The molecule has 2 N–H and O–H groups in total. The Morgan fingerprint density at radius 2 is 2.00 bits per heavy atom. The van der Waals surface area contributed by atoms with Crippen LogP contribution in [0, 0.1) is 6.92 Å². The van der Waals surface area contributed by atoms with Gasteiger partial charge in [-0.05, 0) is 73.7 Å². The van der Waals surface area contributed by atoms with Crippen molar-refractivity contribution in [3.63, 3.8) is 0 Å². The minimum atomic E-state index is -0.324. The molecule has 2 aromatic heterocycles. The van der Waals surface area contributed by atoms with Gasteiger partial charge in [0.25, 0.3) is 0 Å². The van der Waals surface area contributed by atoms with Crippen LogP contribution in [0.5, 0.6) is 0 Å². The number of carbonyl (C=O) groups excluding carboxylic acids is 1. The summed E-state index contributed by atoms with van der Waals surface area (Å²) in [6, 6.07) is 22.8. The molecule has 1 aliphatic rings. The van der Waals surface area contributed by atoms with E-state index in [1.807, 2.05) is 41.3 Å². The zero-order valence-electron chi connectivity index (χ0n) is 20.7. The van der Waals surface area contributed by atoms with E-state index in [0.29, 0.717) is 15.8 Å². The van der Waals surface area contributed by atoms with E-state index in [2.05, 4.69) is 46.8 Å². The summed E-state index contributed by atoms with van der Waals surface area (Å²) in [7, 11) is 1.46. The third kappa shape index (κ3) is 5.71. The molecule has 0 bridgehead atoms. The number of methoxy groups -OCH3 is 1. The van der Waals surface area contributed by atoms with Gasteiger partial charge < -0.3 is 24.7 Å². The van der Waals surface area contributed by atoms with Crippen LogP contribution in [-0.2, 0) is 9.53 Å². The van der Waals surface area contributed by atoms with Crippen LogP contribution in [0.25, 0.3) is 0 Å². The molecule has 10 heteroatoms. The van der Waals surface area contributed by atoms with Crippen molar-refractivity contribution >= 4 is 58.0 Å². The van der Waals surface area contributed by atoms with Crippen molar-refractivity contribution in [1.29, 1.82) is 0 Å². The summed E-state index contributed by atoms with van der Waals surface area (Å²) in [6.07, 6.45) is 1.76. The molecular weight excluding hydrogens is 540 g/mol. The van der Waals surface area contributed by atoms with Gasteiger partial charge in [-0.25, -0.2) is 0 Å². The predicted molar refractivity (Wildman–Crippen MR) is 154 cm³/mol. The quantitative estimate of drug-likeness (QED) is 0.233. The van der Waals surface area contributed by atoms with E-state index < -0.39 is 0 Å². The lowest BCUT2D eigenvalue weighted by molar-refractivity contribution is -0.119.